The molecular formula is C9H17LiS2. The molecule has 0 atom stereocenters. The molecule has 0 aromatic heterocycles. The minimum Gasteiger partial charge on any atom is -0.337 e. The van der Waals surface area contributed by atoms with Crippen LogP contribution in [0, 0.1) is 10.5 Å². The molecule has 0 spiro atoms. The zero-order chi connectivity index (χ0) is 8.10. The summed E-state index contributed by atoms with van der Waals surface area (Å²) < 4.78 is 1.69. The zero-order valence-corrected chi connectivity index (χ0v) is 10.1. The molecule has 0 radical (unpaired) electrons. The van der Waals surface area contributed by atoms with Gasteiger partial charge in [-0.1, -0.05) is 20.3 Å². The van der Waals surface area contributed by atoms with Crippen molar-refractivity contribution in [3.8, 4) is 0 Å². The van der Waals surface area contributed by atoms with Crippen molar-refractivity contribution in [1.29, 1.82) is 0 Å². The van der Waals surface area contributed by atoms with Gasteiger partial charge in [0.05, 0.1) is 0 Å². The second kappa shape index (κ2) is 7.68. The van der Waals surface area contributed by atoms with Crippen molar-refractivity contribution < 1.29 is 18.9 Å². The molecule has 0 aromatic rings. The standard InChI is InChI=1S/C9H17S2.Li/c1-8(2)4-5-9-10-6-3-7-11-9;/h8H,3-7H2,1-2H3;/q-1;+1. The molecule has 1 fully saturated rings. The first-order valence-electron chi connectivity index (χ1n) is 4.40. The van der Waals surface area contributed by atoms with Gasteiger partial charge in [-0.25, -0.2) is 4.58 Å². The van der Waals surface area contributed by atoms with Gasteiger partial charge in [0, 0.05) is 0 Å². The van der Waals surface area contributed by atoms with E-state index in [2.05, 4.69) is 37.4 Å². The summed E-state index contributed by atoms with van der Waals surface area (Å²) in [4.78, 5) is 0. The average Bonchev–Trinajstić information content (AvgIpc) is 2.03. The summed E-state index contributed by atoms with van der Waals surface area (Å²) in [6, 6.07) is 0. The molecule has 0 aliphatic carbocycles. The third kappa shape index (κ3) is 5.86. The van der Waals surface area contributed by atoms with Gasteiger partial charge in [-0.15, -0.1) is 0 Å². The van der Waals surface area contributed by atoms with E-state index in [4.69, 9.17) is 0 Å². The summed E-state index contributed by atoms with van der Waals surface area (Å²) in [5.41, 5.74) is 0. The molecule has 66 valence electrons. The molecule has 0 aromatic carbocycles. The van der Waals surface area contributed by atoms with Crippen LogP contribution in [0.25, 0.3) is 0 Å². The smallest absolute Gasteiger partial charge is 0.337 e. The summed E-state index contributed by atoms with van der Waals surface area (Å²) in [7, 11) is 0. The van der Waals surface area contributed by atoms with Crippen LogP contribution in [-0.4, -0.2) is 11.5 Å². The van der Waals surface area contributed by atoms with E-state index in [0.717, 1.165) is 5.92 Å². The molecule has 0 nitrogen and oxygen atoms in total. The van der Waals surface area contributed by atoms with Crippen LogP contribution in [0.5, 0.6) is 0 Å². The first-order chi connectivity index (χ1) is 5.29. The molecule has 12 heavy (non-hydrogen) atoms. The molecule has 0 unspecified atom stereocenters. The Labute approximate surface area is 97.2 Å². The van der Waals surface area contributed by atoms with Crippen molar-refractivity contribution in [3.05, 3.63) is 4.58 Å². The van der Waals surface area contributed by atoms with Crippen molar-refractivity contribution in [1.82, 2.24) is 0 Å². The molecule has 1 aliphatic heterocycles. The maximum absolute atomic E-state index is 2.30. The van der Waals surface area contributed by atoms with Crippen LogP contribution in [0.1, 0.15) is 33.1 Å². The van der Waals surface area contributed by atoms with Crippen LogP contribution < -0.4 is 18.9 Å². The molecule has 0 bridgehead atoms. The molecule has 0 amide bonds. The van der Waals surface area contributed by atoms with Gasteiger partial charge in [-0.05, 0) is 23.8 Å². The van der Waals surface area contributed by atoms with Crippen LogP contribution in [-0.2, 0) is 0 Å². The van der Waals surface area contributed by atoms with Gasteiger partial charge in [0.1, 0.15) is 0 Å². The van der Waals surface area contributed by atoms with E-state index < -0.39 is 0 Å². The van der Waals surface area contributed by atoms with Gasteiger partial charge >= 0.3 is 18.9 Å². The van der Waals surface area contributed by atoms with E-state index in [9.17, 15) is 0 Å². The third-order valence-electron chi connectivity index (χ3n) is 1.74. The van der Waals surface area contributed by atoms with Crippen LogP contribution in [0.2, 0.25) is 0 Å². The Hall–Kier alpha value is 1.30. The average molecular weight is 196 g/mol. The van der Waals surface area contributed by atoms with Crippen molar-refractivity contribution in [3.63, 3.8) is 0 Å². The van der Waals surface area contributed by atoms with Gasteiger partial charge < -0.3 is 23.5 Å². The van der Waals surface area contributed by atoms with Crippen LogP contribution in [0.4, 0.5) is 0 Å². The van der Waals surface area contributed by atoms with E-state index in [1.807, 2.05) is 0 Å². The largest absolute Gasteiger partial charge is 1.00 e. The molecule has 1 rings (SSSR count). The first kappa shape index (κ1) is 13.3. The molecule has 1 aliphatic rings. The van der Waals surface area contributed by atoms with Crippen molar-refractivity contribution in [2.24, 2.45) is 5.92 Å². The normalized spacial score (nSPS) is 19.2. The van der Waals surface area contributed by atoms with E-state index in [1.54, 1.807) is 4.58 Å². The molecule has 1 heterocycles. The molecular weight excluding hydrogens is 179 g/mol. The van der Waals surface area contributed by atoms with E-state index in [1.165, 1.54) is 30.8 Å². The third-order valence-corrected chi connectivity index (χ3v) is 4.49. The number of rotatable bonds is 3. The summed E-state index contributed by atoms with van der Waals surface area (Å²) in [6.45, 7) is 4.61. The van der Waals surface area contributed by atoms with Gasteiger partial charge in [0.15, 0.2) is 0 Å². The Kier molecular flexibility index (Phi) is 8.51. The Morgan fingerprint density at radius 2 is 1.83 bits per heavy atom. The summed E-state index contributed by atoms with van der Waals surface area (Å²) in [5, 5.41) is 0. The van der Waals surface area contributed by atoms with E-state index in [0.29, 0.717) is 0 Å². The summed E-state index contributed by atoms with van der Waals surface area (Å²) >= 11 is 4.17. The minimum absolute atomic E-state index is 0. The number of hydrogen-bond acceptors (Lipinski definition) is 2. The Morgan fingerprint density at radius 3 is 2.33 bits per heavy atom. The van der Waals surface area contributed by atoms with E-state index >= 15 is 0 Å². The molecule has 1 saturated heterocycles. The number of thioether (sulfide) groups is 2. The van der Waals surface area contributed by atoms with Crippen molar-refractivity contribution >= 4 is 23.5 Å². The van der Waals surface area contributed by atoms with Crippen LogP contribution in [0.15, 0.2) is 0 Å². The fourth-order valence-corrected chi connectivity index (χ4v) is 3.60. The molecule has 3 heteroatoms. The van der Waals surface area contributed by atoms with Crippen LogP contribution in [0.3, 0.4) is 0 Å². The monoisotopic (exact) mass is 196 g/mol. The van der Waals surface area contributed by atoms with Gasteiger partial charge in [-0.3, -0.25) is 0 Å². The molecule has 0 saturated carbocycles. The molecule has 0 N–H and O–H groups in total. The maximum Gasteiger partial charge on any atom is 1.00 e. The zero-order valence-electron chi connectivity index (χ0n) is 8.43. The summed E-state index contributed by atoms with van der Waals surface area (Å²) in [6.07, 6.45) is 4.11. The van der Waals surface area contributed by atoms with Crippen LogP contribution >= 0.6 is 23.5 Å². The fourth-order valence-electron chi connectivity index (χ4n) is 1.02. The summed E-state index contributed by atoms with van der Waals surface area (Å²) in [5.74, 6) is 3.59. The fraction of sp³-hybridized carbons (Fsp3) is 0.889. The number of hydrogen-bond donors (Lipinski definition) is 0. The van der Waals surface area contributed by atoms with Gasteiger partial charge in [0.25, 0.3) is 0 Å². The quantitative estimate of drug-likeness (QED) is 0.483. The topological polar surface area (TPSA) is 0 Å². The van der Waals surface area contributed by atoms with Gasteiger partial charge in [0.2, 0.25) is 0 Å². The Bertz CT molecular complexity index is 101. The predicted octanol–water partition coefficient (Wildman–Crippen LogP) is 0.786. The Morgan fingerprint density at radius 1 is 1.25 bits per heavy atom. The Balaban J connectivity index is 0.00000121. The van der Waals surface area contributed by atoms with Crippen molar-refractivity contribution in [2.75, 3.05) is 11.5 Å². The first-order valence-corrected chi connectivity index (χ1v) is 6.37. The maximum atomic E-state index is 2.30. The minimum atomic E-state index is 0. The second-order valence-electron chi connectivity index (χ2n) is 3.36. The predicted molar refractivity (Wildman–Crippen MR) is 56.8 cm³/mol. The van der Waals surface area contributed by atoms with Gasteiger partial charge in [-0.2, -0.15) is 6.42 Å². The second-order valence-corrected chi connectivity index (χ2v) is 5.99. The van der Waals surface area contributed by atoms with E-state index in [-0.39, 0.29) is 18.9 Å². The SMILES string of the molecule is CC(C)CC[C-]1SCCCS1.[Li+]. The van der Waals surface area contributed by atoms with Crippen molar-refractivity contribution in [2.45, 2.75) is 33.1 Å².